The molecule has 2 heterocycles. The summed E-state index contributed by atoms with van der Waals surface area (Å²) in [6.07, 6.45) is 4.10. The predicted octanol–water partition coefficient (Wildman–Crippen LogP) is 1.42. The zero-order chi connectivity index (χ0) is 11.4. The number of Topliss-reactive ketones (excluding diaryl/α,β-unsaturated/α-hetero) is 1. The third kappa shape index (κ3) is 2.77. The summed E-state index contributed by atoms with van der Waals surface area (Å²) in [4.78, 5) is 16.7. The standard InChI is InChI=1S/C11H12N2O2S/c12-10(5-9-6-13-7-16-9)11(14)4-8-2-1-3-15-8/h1-3,6-7,10H,4-5,12H2. The van der Waals surface area contributed by atoms with Gasteiger partial charge in [0.1, 0.15) is 5.76 Å². The van der Waals surface area contributed by atoms with Gasteiger partial charge in [0.25, 0.3) is 0 Å². The van der Waals surface area contributed by atoms with Crippen molar-refractivity contribution in [3.05, 3.63) is 40.7 Å². The van der Waals surface area contributed by atoms with E-state index in [9.17, 15) is 4.79 Å². The highest BCUT2D eigenvalue weighted by atomic mass is 32.1. The van der Waals surface area contributed by atoms with Gasteiger partial charge in [0, 0.05) is 17.5 Å². The Labute approximate surface area is 97.1 Å². The lowest BCUT2D eigenvalue weighted by molar-refractivity contribution is -0.119. The molecule has 0 aliphatic heterocycles. The minimum Gasteiger partial charge on any atom is -0.469 e. The fourth-order valence-electron chi connectivity index (χ4n) is 1.39. The molecule has 84 valence electrons. The topological polar surface area (TPSA) is 69.1 Å². The fraction of sp³-hybridized carbons (Fsp3) is 0.273. The summed E-state index contributed by atoms with van der Waals surface area (Å²) < 4.78 is 5.10. The Morgan fingerprint density at radius 3 is 3.12 bits per heavy atom. The van der Waals surface area contributed by atoms with Gasteiger partial charge < -0.3 is 10.2 Å². The van der Waals surface area contributed by atoms with Gasteiger partial charge in [-0.15, -0.1) is 11.3 Å². The normalized spacial score (nSPS) is 12.6. The summed E-state index contributed by atoms with van der Waals surface area (Å²) in [6, 6.07) is 3.06. The molecule has 4 nitrogen and oxygen atoms in total. The summed E-state index contributed by atoms with van der Waals surface area (Å²) in [5.41, 5.74) is 7.55. The Kier molecular flexibility index (Phi) is 3.48. The van der Waals surface area contributed by atoms with Crippen molar-refractivity contribution in [2.24, 2.45) is 5.73 Å². The predicted molar refractivity (Wildman–Crippen MR) is 61.2 cm³/mol. The first-order valence-electron chi connectivity index (χ1n) is 4.94. The maximum absolute atomic E-state index is 11.7. The van der Waals surface area contributed by atoms with Crippen molar-refractivity contribution in [3.63, 3.8) is 0 Å². The highest BCUT2D eigenvalue weighted by Crippen LogP contribution is 2.10. The quantitative estimate of drug-likeness (QED) is 0.852. The number of carbonyl (C=O) groups excluding carboxylic acids is 1. The average molecular weight is 236 g/mol. The molecule has 1 atom stereocenters. The molecule has 2 N–H and O–H groups in total. The molecule has 2 aromatic rings. The Hall–Kier alpha value is -1.46. The highest BCUT2D eigenvalue weighted by molar-refractivity contribution is 7.09. The van der Waals surface area contributed by atoms with Crippen LogP contribution in [0.5, 0.6) is 0 Å². The van der Waals surface area contributed by atoms with Crippen molar-refractivity contribution < 1.29 is 9.21 Å². The van der Waals surface area contributed by atoms with Crippen molar-refractivity contribution >= 4 is 17.1 Å². The van der Waals surface area contributed by atoms with E-state index < -0.39 is 6.04 Å². The second kappa shape index (κ2) is 5.05. The van der Waals surface area contributed by atoms with E-state index in [-0.39, 0.29) is 12.2 Å². The first-order chi connectivity index (χ1) is 7.75. The number of rotatable bonds is 5. The van der Waals surface area contributed by atoms with Crippen LogP contribution in [0.3, 0.4) is 0 Å². The Morgan fingerprint density at radius 2 is 2.50 bits per heavy atom. The minimum absolute atomic E-state index is 0.0108. The number of nitrogens with zero attached hydrogens (tertiary/aromatic N) is 1. The molecular formula is C11H12N2O2S. The zero-order valence-corrected chi connectivity index (χ0v) is 9.44. The van der Waals surface area contributed by atoms with Crippen LogP contribution < -0.4 is 5.73 Å². The van der Waals surface area contributed by atoms with E-state index in [0.29, 0.717) is 12.2 Å². The molecule has 0 saturated carbocycles. The van der Waals surface area contributed by atoms with E-state index in [1.54, 1.807) is 30.1 Å². The van der Waals surface area contributed by atoms with E-state index in [1.807, 2.05) is 0 Å². The number of nitrogens with two attached hydrogens (primary N) is 1. The summed E-state index contributed by atoms with van der Waals surface area (Å²) in [6.45, 7) is 0. The zero-order valence-electron chi connectivity index (χ0n) is 8.63. The third-order valence-corrected chi connectivity index (χ3v) is 3.05. The summed E-state index contributed by atoms with van der Waals surface area (Å²) in [5, 5.41) is 0. The maximum atomic E-state index is 11.7. The van der Waals surface area contributed by atoms with Crippen LogP contribution >= 0.6 is 11.3 Å². The van der Waals surface area contributed by atoms with Crippen LogP contribution in [0.15, 0.2) is 34.5 Å². The highest BCUT2D eigenvalue weighted by Gasteiger charge is 2.16. The molecule has 0 radical (unpaired) electrons. The molecule has 0 aliphatic rings. The van der Waals surface area contributed by atoms with Crippen molar-refractivity contribution in [2.75, 3.05) is 0 Å². The second-order valence-corrected chi connectivity index (χ2v) is 4.47. The monoisotopic (exact) mass is 236 g/mol. The SMILES string of the molecule is NC(Cc1cncs1)C(=O)Cc1ccco1. The van der Waals surface area contributed by atoms with Crippen molar-refractivity contribution in [3.8, 4) is 0 Å². The molecule has 0 amide bonds. The molecule has 5 heteroatoms. The van der Waals surface area contributed by atoms with Crippen molar-refractivity contribution in [2.45, 2.75) is 18.9 Å². The summed E-state index contributed by atoms with van der Waals surface area (Å²) >= 11 is 1.51. The average Bonchev–Trinajstić information content (AvgIpc) is 2.90. The molecule has 1 unspecified atom stereocenters. The molecule has 0 aromatic carbocycles. The molecular weight excluding hydrogens is 224 g/mol. The van der Waals surface area contributed by atoms with Gasteiger partial charge in [0.05, 0.1) is 24.2 Å². The van der Waals surface area contributed by atoms with E-state index in [4.69, 9.17) is 10.2 Å². The number of hydrogen-bond donors (Lipinski definition) is 1. The minimum atomic E-state index is -0.481. The maximum Gasteiger partial charge on any atom is 0.157 e. The van der Waals surface area contributed by atoms with Crippen LogP contribution in [-0.2, 0) is 17.6 Å². The van der Waals surface area contributed by atoms with Crippen LogP contribution in [0.1, 0.15) is 10.6 Å². The van der Waals surface area contributed by atoms with Crippen LogP contribution in [0.25, 0.3) is 0 Å². The molecule has 2 aromatic heterocycles. The van der Waals surface area contributed by atoms with Crippen LogP contribution in [0.4, 0.5) is 0 Å². The number of hydrogen-bond acceptors (Lipinski definition) is 5. The first-order valence-corrected chi connectivity index (χ1v) is 5.81. The fourth-order valence-corrected chi connectivity index (χ4v) is 2.04. The number of furan rings is 1. The Morgan fingerprint density at radius 1 is 1.62 bits per heavy atom. The van der Waals surface area contributed by atoms with Gasteiger partial charge in [-0.1, -0.05) is 0 Å². The van der Waals surface area contributed by atoms with E-state index in [1.165, 1.54) is 11.3 Å². The van der Waals surface area contributed by atoms with Gasteiger partial charge in [-0.2, -0.15) is 0 Å². The molecule has 0 fully saturated rings. The number of thiazole rings is 1. The van der Waals surface area contributed by atoms with Crippen molar-refractivity contribution in [1.82, 2.24) is 4.98 Å². The van der Waals surface area contributed by atoms with Crippen LogP contribution in [-0.4, -0.2) is 16.8 Å². The van der Waals surface area contributed by atoms with Gasteiger partial charge in [-0.05, 0) is 12.1 Å². The third-order valence-electron chi connectivity index (χ3n) is 2.25. The van der Waals surface area contributed by atoms with Gasteiger partial charge in [-0.3, -0.25) is 9.78 Å². The number of carbonyl (C=O) groups is 1. The van der Waals surface area contributed by atoms with Gasteiger partial charge in [0.15, 0.2) is 5.78 Å². The molecule has 0 saturated heterocycles. The van der Waals surface area contributed by atoms with Gasteiger partial charge in [-0.25, -0.2) is 0 Å². The molecule has 0 aliphatic carbocycles. The Bertz CT molecular complexity index is 437. The molecule has 0 spiro atoms. The van der Waals surface area contributed by atoms with E-state index in [2.05, 4.69) is 4.98 Å². The first kappa shape index (κ1) is 11.0. The number of ketones is 1. The lowest BCUT2D eigenvalue weighted by Gasteiger charge is -2.07. The van der Waals surface area contributed by atoms with E-state index in [0.717, 1.165) is 4.88 Å². The van der Waals surface area contributed by atoms with Gasteiger partial charge in [0.2, 0.25) is 0 Å². The Balaban J connectivity index is 1.90. The summed E-state index contributed by atoms with van der Waals surface area (Å²) in [5.74, 6) is 0.646. The van der Waals surface area contributed by atoms with Crippen LogP contribution in [0, 0.1) is 0 Å². The van der Waals surface area contributed by atoms with Gasteiger partial charge >= 0.3 is 0 Å². The lowest BCUT2D eigenvalue weighted by atomic mass is 10.1. The molecule has 0 bridgehead atoms. The smallest absolute Gasteiger partial charge is 0.157 e. The van der Waals surface area contributed by atoms with E-state index >= 15 is 0 Å². The largest absolute Gasteiger partial charge is 0.469 e. The molecule has 2 rings (SSSR count). The summed E-state index contributed by atoms with van der Waals surface area (Å²) in [7, 11) is 0. The molecule has 16 heavy (non-hydrogen) atoms. The lowest BCUT2D eigenvalue weighted by Crippen LogP contribution is -2.33. The number of aromatic nitrogens is 1. The van der Waals surface area contributed by atoms with Crippen LogP contribution in [0.2, 0.25) is 0 Å². The second-order valence-electron chi connectivity index (χ2n) is 3.50. The van der Waals surface area contributed by atoms with Crippen molar-refractivity contribution in [1.29, 1.82) is 0 Å².